The van der Waals surface area contributed by atoms with Crippen LogP contribution in [-0.4, -0.2) is 15.6 Å². The second-order valence-electron chi connectivity index (χ2n) is 5.38. The number of rotatable bonds is 7. The van der Waals surface area contributed by atoms with Gasteiger partial charge in [-0.2, -0.15) is 5.10 Å². The monoisotopic (exact) mass is 285 g/mol. The molecule has 0 aliphatic rings. The van der Waals surface area contributed by atoms with E-state index < -0.39 is 0 Å². The van der Waals surface area contributed by atoms with Gasteiger partial charge in [0.1, 0.15) is 5.78 Å². The molecule has 4 nitrogen and oxygen atoms in total. The molecular weight excluding hydrogens is 262 g/mol. The third-order valence-corrected chi connectivity index (χ3v) is 3.73. The van der Waals surface area contributed by atoms with Crippen LogP contribution < -0.4 is 5.73 Å². The third kappa shape index (κ3) is 4.26. The molecule has 0 saturated heterocycles. The van der Waals surface area contributed by atoms with E-state index in [1.807, 2.05) is 43.4 Å². The summed E-state index contributed by atoms with van der Waals surface area (Å²) in [5, 5.41) is 4.36. The van der Waals surface area contributed by atoms with Crippen LogP contribution in [-0.2, 0) is 24.7 Å². The fourth-order valence-corrected chi connectivity index (χ4v) is 2.38. The van der Waals surface area contributed by atoms with Gasteiger partial charge in [0.25, 0.3) is 0 Å². The van der Waals surface area contributed by atoms with Gasteiger partial charge < -0.3 is 5.73 Å². The Hall–Kier alpha value is -1.94. The molecule has 1 unspecified atom stereocenters. The molecule has 1 atom stereocenters. The van der Waals surface area contributed by atoms with Crippen LogP contribution >= 0.6 is 0 Å². The molecule has 0 radical (unpaired) electrons. The van der Waals surface area contributed by atoms with Gasteiger partial charge in [-0.3, -0.25) is 9.48 Å². The Morgan fingerprint density at radius 1 is 1.33 bits per heavy atom. The Kier molecular flexibility index (Phi) is 5.28. The van der Waals surface area contributed by atoms with Crippen LogP contribution in [0.15, 0.2) is 36.4 Å². The number of benzene rings is 1. The van der Waals surface area contributed by atoms with Gasteiger partial charge in [-0.05, 0) is 24.5 Å². The van der Waals surface area contributed by atoms with Crippen molar-refractivity contribution in [2.45, 2.75) is 38.6 Å². The number of hydrogen-bond acceptors (Lipinski definition) is 3. The Balaban J connectivity index is 1.86. The van der Waals surface area contributed by atoms with E-state index in [9.17, 15) is 4.79 Å². The van der Waals surface area contributed by atoms with Crippen LogP contribution in [0.4, 0.5) is 0 Å². The summed E-state index contributed by atoms with van der Waals surface area (Å²) < 4.78 is 1.80. The van der Waals surface area contributed by atoms with Gasteiger partial charge in [-0.15, -0.1) is 0 Å². The summed E-state index contributed by atoms with van der Waals surface area (Å²) in [7, 11) is 1.89. The second kappa shape index (κ2) is 7.18. The number of nitrogens with two attached hydrogens (primary N) is 1. The van der Waals surface area contributed by atoms with E-state index in [1.54, 1.807) is 4.68 Å². The third-order valence-electron chi connectivity index (χ3n) is 3.73. The van der Waals surface area contributed by atoms with E-state index in [0.29, 0.717) is 19.3 Å². The molecule has 0 saturated carbocycles. The summed E-state index contributed by atoms with van der Waals surface area (Å²) in [6, 6.07) is 11.9. The maximum atomic E-state index is 12.1. The minimum absolute atomic E-state index is 0.0760. The molecule has 112 valence electrons. The average Bonchev–Trinajstić information content (AvgIpc) is 2.86. The summed E-state index contributed by atoms with van der Waals surface area (Å²) in [4.78, 5) is 12.1. The Morgan fingerprint density at radius 3 is 2.67 bits per heavy atom. The molecule has 4 heteroatoms. The zero-order valence-electron chi connectivity index (χ0n) is 12.7. The maximum Gasteiger partial charge on any atom is 0.138 e. The lowest BCUT2D eigenvalue weighted by Crippen LogP contribution is -2.14. The average molecular weight is 285 g/mol. The smallest absolute Gasteiger partial charge is 0.138 e. The van der Waals surface area contributed by atoms with Gasteiger partial charge in [0, 0.05) is 31.6 Å². The molecule has 0 amide bonds. The standard InChI is InChI=1S/C17H23N3O/c1-3-14-11-15(20(2)19-14)12-16(21)9-10-17(18)13-7-5-4-6-8-13/h4-8,11,17H,3,9-10,12,18H2,1-2H3. The molecule has 1 aromatic carbocycles. The lowest BCUT2D eigenvalue weighted by molar-refractivity contribution is -0.118. The van der Waals surface area contributed by atoms with Gasteiger partial charge in [0.05, 0.1) is 5.69 Å². The zero-order chi connectivity index (χ0) is 15.2. The number of carbonyl (C=O) groups excluding carboxylic acids is 1. The van der Waals surface area contributed by atoms with Crippen LogP contribution in [0.25, 0.3) is 0 Å². The SMILES string of the molecule is CCc1cc(CC(=O)CCC(N)c2ccccc2)n(C)n1. The maximum absolute atomic E-state index is 12.1. The first-order valence-corrected chi connectivity index (χ1v) is 7.44. The van der Waals surface area contributed by atoms with Crippen molar-refractivity contribution in [1.29, 1.82) is 0 Å². The summed E-state index contributed by atoms with van der Waals surface area (Å²) in [6.07, 6.45) is 2.51. The number of ketones is 1. The highest BCUT2D eigenvalue weighted by Gasteiger charge is 2.12. The summed E-state index contributed by atoms with van der Waals surface area (Å²) in [5.41, 5.74) is 9.21. The largest absolute Gasteiger partial charge is 0.324 e. The number of Topliss-reactive ketones (excluding diaryl/α,β-unsaturated/α-hetero) is 1. The van der Waals surface area contributed by atoms with Crippen LogP contribution in [0.5, 0.6) is 0 Å². The fraction of sp³-hybridized carbons (Fsp3) is 0.412. The van der Waals surface area contributed by atoms with Crippen LogP contribution in [0.1, 0.15) is 42.8 Å². The van der Waals surface area contributed by atoms with E-state index in [2.05, 4.69) is 12.0 Å². The number of carbonyl (C=O) groups is 1. The molecule has 0 spiro atoms. The molecule has 1 aromatic heterocycles. The minimum atomic E-state index is -0.0760. The van der Waals surface area contributed by atoms with Crippen LogP contribution in [0.3, 0.4) is 0 Å². The molecule has 1 heterocycles. The predicted molar refractivity (Wildman–Crippen MR) is 83.9 cm³/mol. The van der Waals surface area contributed by atoms with Gasteiger partial charge in [0.15, 0.2) is 0 Å². The van der Waals surface area contributed by atoms with Gasteiger partial charge in [-0.25, -0.2) is 0 Å². The van der Waals surface area contributed by atoms with Crippen molar-refractivity contribution < 1.29 is 4.79 Å². The number of nitrogens with zero attached hydrogens (tertiary/aromatic N) is 2. The first-order chi connectivity index (χ1) is 10.1. The second-order valence-corrected chi connectivity index (χ2v) is 5.38. The summed E-state index contributed by atoms with van der Waals surface area (Å²) in [5.74, 6) is 0.215. The lowest BCUT2D eigenvalue weighted by Gasteiger charge is -2.11. The molecule has 2 N–H and O–H groups in total. The van der Waals surface area contributed by atoms with Crippen molar-refractivity contribution in [2.24, 2.45) is 12.8 Å². The highest BCUT2D eigenvalue weighted by Crippen LogP contribution is 2.16. The van der Waals surface area contributed by atoms with Gasteiger partial charge in [0.2, 0.25) is 0 Å². The van der Waals surface area contributed by atoms with E-state index in [4.69, 9.17) is 5.73 Å². The van der Waals surface area contributed by atoms with Gasteiger partial charge in [-0.1, -0.05) is 37.3 Å². The van der Waals surface area contributed by atoms with Gasteiger partial charge >= 0.3 is 0 Å². The summed E-state index contributed by atoms with van der Waals surface area (Å²) in [6.45, 7) is 2.06. The fourth-order valence-electron chi connectivity index (χ4n) is 2.38. The van der Waals surface area contributed by atoms with Crippen LogP contribution in [0.2, 0.25) is 0 Å². The molecule has 2 aromatic rings. The van der Waals surface area contributed by atoms with Crippen molar-refractivity contribution in [3.05, 3.63) is 53.3 Å². The van der Waals surface area contributed by atoms with Crippen LogP contribution in [0, 0.1) is 0 Å². The highest BCUT2D eigenvalue weighted by atomic mass is 16.1. The Bertz CT molecular complexity index is 589. The number of aromatic nitrogens is 2. The topological polar surface area (TPSA) is 60.9 Å². The molecular formula is C17H23N3O. The van der Waals surface area contributed by atoms with Crippen molar-refractivity contribution in [3.63, 3.8) is 0 Å². The van der Waals surface area contributed by atoms with Crippen molar-refractivity contribution in [3.8, 4) is 0 Å². The van der Waals surface area contributed by atoms with E-state index in [-0.39, 0.29) is 11.8 Å². The molecule has 0 bridgehead atoms. The quantitative estimate of drug-likeness (QED) is 0.850. The molecule has 0 fully saturated rings. The van der Waals surface area contributed by atoms with E-state index >= 15 is 0 Å². The normalized spacial score (nSPS) is 12.3. The Morgan fingerprint density at radius 2 is 2.05 bits per heavy atom. The molecule has 2 rings (SSSR count). The van der Waals surface area contributed by atoms with E-state index in [1.165, 1.54) is 0 Å². The molecule has 21 heavy (non-hydrogen) atoms. The molecule has 0 aliphatic carbocycles. The zero-order valence-corrected chi connectivity index (χ0v) is 12.7. The highest BCUT2D eigenvalue weighted by molar-refractivity contribution is 5.80. The number of aryl methyl sites for hydroxylation is 2. The molecule has 0 aliphatic heterocycles. The number of hydrogen-bond donors (Lipinski definition) is 1. The lowest BCUT2D eigenvalue weighted by atomic mass is 10.0. The Labute approximate surface area is 126 Å². The summed E-state index contributed by atoms with van der Waals surface area (Å²) >= 11 is 0. The first kappa shape index (κ1) is 15.4. The van der Waals surface area contributed by atoms with E-state index in [0.717, 1.165) is 23.4 Å². The van der Waals surface area contributed by atoms with Crippen molar-refractivity contribution in [2.75, 3.05) is 0 Å². The minimum Gasteiger partial charge on any atom is -0.324 e. The predicted octanol–water partition coefficient (Wildman–Crippen LogP) is 2.57. The first-order valence-electron chi connectivity index (χ1n) is 7.44. The van der Waals surface area contributed by atoms with Crippen molar-refractivity contribution in [1.82, 2.24) is 9.78 Å². The van der Waals surface area contributed by atoms with Crippen molar-refractivity contribution >= 4 is 5.78 Å².